The van der Waals surface area contributed by atoms with Crippen molar-refractivity contribution >= 4 is 5.91 Å². The van der Waals surface area contributed by atoms with Gasteiger partial charge in [0.1, 0.15) is 11.5 Å². The molecule has 0 spiro atoms. The first-order chi connectivity index (χ1) is 13.2. The number of hydrogen-bond acceptors (Lipinski definition) is 4. The van der Waals surface area contributed by atoms with Crippen molar-refractivity contribution < 1.29 is 4.79 Å². The average Bonchev–Trinajstić information content (AvgIpc) is 3.11. The molecule has 1 saturated heterocycles. The first-order valence-electron chi connectivity index (χ1n) is 11.0. The molecule has 6 heteroatoms. The minimum Gasteiger partial charge on any atom is -0.335 e. The molecule has 4 saturated carbocycles. The summed E-state index contributed by atoms with van der Waals surface area (Å²) in [5, 5.41) is 3.33. The van der Waals surface area contributed by atoms with E-state index in [1.165, 1.54) is 38.5 Å². The summed E-state index contributed by atoms with van der Waals surface area (Å²) in [6.45, 7) is 6.46. The molecule has 0 atom stereocenters. The predicted octanol–water partition coefficient (Wildman–Crippen LogP) is 1.71. The van der Waals surface area contributed by atoms with Gasteiger partial charge in [-0.2, -0.15) is 0 Å². The van der Waals surface area contributed by atoms with Crippen molar-refractivity contribution in [1.82, 2.24) is 24.7 Å². The van der Waals surface area contributed by atoms with Gasteiger partial charge < -0.3 is 14.8 Å². The standard InChI is InChI=1S/C21H31N5O/c27-20(18-14-25-2-1-22-13-19(25)23-18)24-3-5-26(6-4-24)21-10-15-7-16(11-21)9-17(8-15)12-21/h14-17,22H,1-13H2. The number of amides is 1. The highest BCUT2D eigenvalue weighted by Gasteiger charge is 2.53. The molecule has 3 heterocycles. The van der Waals surface area contributed by atoms with Crippen LogP contribution in [0.15, 0.2) is 6.20 Å². The van der Waals surface area contributed by atoms with Crippen LogP contribution in [-0.2, 0) is 13.1 Å². The first-order valence-corrected chi connectivity index (χ1v) is 11.0. The van der Waals surface area contributed by atoms with E-state index in [4.69, 9.17) is 0 Å². The summed E-state index contributed by atoms with van der Waals surface area (Å²) in [7, 11) is 0. The van der Waals surface area contributed by atoms with Crippen molar-refractivity contribution in [3.05, 3.63) is 17.7 Å². The number of fused-ring (bicyclic) bond motifs is 1. The highest BCUT2D eigenvalue weighted by atomic mass is 16.2. The zero-order valence-electron chi connectivity index (χ0n) is 16.2. The van der Waals surface area contributed by atoms with Crippen LogP contribution in [0.4, 0.5) is 0 Å². The van der Waals surface area contributed by atoms with Crippen LogP contribution in [-0.4, -0.2) is 63.5 Å². The molecule has 0 radical (unpaired) electrons. The van der Waals surface area contributed by atoms with Crippen molar-refractivity contribution in [3.8, 4) is 0 Å². The van der Waals surface area contributed by atoms with Crippen LogP contribution in [0.5, 0.6) is 0 Å². The number of carbonyl (C=O) groups is 1. The van der Waals surface area contributed by atoms with Crippen molar-refractivity contribution in [2.45, 2.75) is 57.2 Å². The minimum atomic E-state index is 0.127. The zero-order valence-corrected chi connectivity index (χ0v) is 16.2. The molecule has 1 N–H and O–H groups in total. The molecule has 2 aliphatic heterocycles. The van der Waals surface area contributed by atoms with Gasteiger partial charge in [-0.25, -0.2) is 4.98 Å². The predicted molar refractivity (Wildman–Crippen MR) is 102 cm³/mol. The second-order valence-electron chi connectivity index (χ2n) is 9.83. The lowest BCUT2D eigenvalue weighted by Gasteiger charge is -2.61. The summed E-state index contributed by atoms with van der Waals surface area (Å²) >= 11 is 0. The highest BCUT2D eigenvalue weighted by molar-refractivity contribution is 5.92. The topological polar surface area (TPSA) is 53.4 Å². The number of carbonyl (C=O) groups excluding carboxylic acids is 1. The molecule has 7 rings (SSSR count). The Kier molecular flexibility index (Phi) is 3.71. The number of hydrogen-bond donors (Lipinski definition) is 1. The van der Waals surface area contributed by atoms with Gasteiger partial charge in [0.25, 0.3) is 5.91 Å². The fourth-order valence-corrected chi connectivity index (χ4v) is 7.29. The van der Waals surface area contributed by atoms with Gasteiger partial charge in [0, 0.05) is 51.0 Å². The molecule has 27 heavy (non-hydrogen) atoms. The maximum atomic E-state index is 13.0. The minimum absolute atomic E-state index is 0.127. The molecule has 1 amide bonds. The highest BCUT2D eigenvalue weighted by Crippen LogP contribution is 2.57. The Balaban J connectivity index is 1.14. The summed E-state index contributed by atoms with van der Waals surface area (Å²) in [5.74, 6) is 4.09. The number of nitrogens with zero attached hydrogens (tertiary/aromatic N) is 4. The molecule has 146 valence electrons. The van der Waals surface area contributed by atoms with E-state index in [1.54, 1.807) is 0 Å². The molecule has 6 nitrogen and oxygen atoms in total. The number of nitrogens with one attached hydrogen (secondary N) is 1. The lowest BCUT2D eigenvalue weighted by Crippen LogP contribution is -2.64. The number of aromatic nitrogens is 2. The molecular weight excluding hydrogens is 338 g/mol. The smallest absolute Gasteiger partial charge is 0.274 e. The lowest BCUT2D eigenvalue weighted by atomic mass is 9.52. The molecule has 6 aliphatic rings. The van der Waals surface area contributed by atoms with Gasteiger partial charge in [-0.1, -0.05) is 0 Å². The van der Waals surface area contributed by atoms with Crippen LogP contribution in [0.3, 0.4) is 0 Å². The average molecular weight is 370 g/mol. The molecule has 1 aromatic rings. The zero-order chi connectivity index (χ0) is 18.0. The van der Waals surface area contributed by atoms with E-state index < -0.39 is 0 Å². The Labute approximate surface area is 161 Å². The number of piperazine rings is 1. The first kappa shape index (κ1) is 16.5. The Morgan fingerprint density at radius 2 is 1.67 bits per heavy atom. The Hall–Kier alpha value is -1.40. The van der Waals surface area contributed by atoms with E-state index >= 15 is 0 Å². The van der Waals surface area contributed by atoms with Crippen molar-refractivity contribution in [2.24, 2.45) is 17.8 Å². The van der Waals surface area contributed by atoms with Crippen LogP contribution in [0, 0.1) is 17.8 Å². The van der Waals surface area contributed by atoms with Crippen molar-refractivity contribution in [2.75, 3.05) is 32.7 Å². The Bertz CT molecular complexity index is 689. The quantitative estimate of drug-likeness (QED) is 0.862. The van der Waals surface area contributed by atoms with E-state index in [-0.39, 0.29) is 5.91 Å². The molecule has 4 bridgehead atoms. The van der Waals surface area contributed by atoms with E-state index in [9.17, 15) is 4.79 Å². The summed E-state index contributed by atoms with van der Waals surface area (Å²) in [5.41, 5.74) is 1.11. The summed E-state index contributed by atoms with van der Waals surface area (Å²) in [4.78, 5) is 22.4. The third-order valence-electron chi connectivity index (χ3n) is 8.13. The Morgan fingerprint density at radius 3 is 2.30 bits per heavy atom. The van der Waals surface area contributed by atoms with Gasteiger partial charge in [0.05, 0.1) is 6.54 Å². The van der Waals surface area contributed by atoms with E-state index in [0.717, 1.165) is 69.4 Å². The largest absolute Gasteiger partial charge is 0.335 e. The number of rotatable bonds is 2. The van der Waals surface area contributed by atoms with E-state index in [1.807, 2.05) is 11.1 Å². The van der Waals surface area contributed by atoms with E-state index in [0.29, 0.717) is 11.2 Å². The molecule has 0 unspecified atom stereocenters. The monoisotopic (exact) mass is 369 g/mol. The normalized spacial score (nSPS) is 38.2. The van der Waals surface area contributed by atoms with Crippen LogP contribution in [0.2, 0.25) is 0 Å². The van der Waals surface area contributed by atoms with Gasteiger partial charge in [-0.3, -0.25) is 9.69 Å². The van der Waals surface area contributed by atoms with Crippen molar-refractivity contribution in [3.63, 3.8) is 0 Å². The molecule has 5 fully saturated rings. The fraction of sp³-hybridized carbons (Fsp3) is 0.810. The summed E-state index contributed by atoms with van der Waals surface area (Å²) in [6, 6.07) is 0. The van der Waals surface area contributed by atoms with Gasteiger partial charge in [0.15, 0.2) is 0 Å². The second kappa shape index (κ2) is 6.05. The van der Waals surface area contributed by atoms with E-state index in [2.05, 4.69) is 19.8 Å². The van der Waals surface area contributed by atoms with Crippen LogP contribution in [0.25, 0.3) is 0 Å². The van der Waals surface area contributed by atoms with Gasteiger partial charge in [-0.15, -0.1) is 0 Å². The maximum Gasteiger partial charge on any atom is 0.274 e. The maximum absolute atomic E-state index is 13.0. The molecular formula is C21H31N5O. The van der Waals surface area contributed by atoms with Gasteiger partial charge in [-0.05, 0) is 56.3 Å². The SMILES string of the molecule is O=C(c1cn2c(n1)CNCC2)N1CCN(C23CC4CC(CC(C4)C2)C3)CC1. The molecule has 1 aromatic heterocycles. The van der Waals surface area contributed by atoms with Crippen molar-refractivity contribution in [1.29, 1.82) is 0 Å². The van der Waals surface area contributed by atoms with Crippen LogP contribution >= 0.6 is 0 Å². The fourth-order valence-electron chi connectivity index (χ4n) is 7.29. The number of imidazole rings is 1. The third kappa shape index (κ3) is 2.67. The summed E-state index contributed by atoms with van der Waals surface area (Å²) < 4.78 is 2.13. The lowest BCUT2D eigenvalue weighted by molar-refractivity contribution is -0.0987. The van der Waals surface area contributed by atoms with Crippen LogP contribution in [0.1, 0.15) is 54.8 Å². The second-order valence-corrected chi connectivity index (χ2v) is 9.83. The van der Waals surface area contributed by atoms with Crippen LogP contribution < -0.4 is 5.32 Å². The third-order valence-corrected chi connectivity index (χ3v) is 8.13. The molecule has 4 aliphatic carbocycles. The van der Waals surface area contributed by atoms with Gasteiger partial charge >= 0.3 is 0 Å². The summed E-state index contributed by atoms with van der Waals surface area (Å²) in [6.07, 6.45) is 10.7. The Morgan fingerprint density at radius 1 is 1.00 bits per heavy atom. The molecule has 0 aromatic carbocycles. The van der Waals surface area contributed by atoms with Gasteiger partial charge in [0.2, 0.25) is 0 Å².